The Hall–Kier alpha value is -3.16. The number of H-pyrrole nitrogens is 1. The Balaban J connectivity index is 2.08. The van der Waals surface area contributed by atoms with Gasteiger partial charge in [-0.1, -0.05) is 0 Å². The lowest BCUT2D eigenvalue weighted by molar-refractivity contribution is -0.141. The van der Waals surface area contributed by atoms with Gasteiger partial charge in [0.25, 0.3) is 11.8 Å². The van der Waals surface area contributed by atoms with E-state index in [-0.39, 0.29) is 26.3 Å². The first kappa shape index (κ1) is 20.6. The summed E-state index contributed by atoms with van der Waals surface area (Å²) in [7, 11) is 0. The fourth-order valence-electron chi connectivity index (χ4n) is 2.48. The minimum absolute atomic E-state index is 0.0109. The molecule has 0 saturated carbocycles. The van der Waals surface area contributed by atoms with Crippen LogP contribution < -0.4 is 11.1 Å². The number of carbonyl (C=O) groups excluding carboxylic acids is 2. The first-order valence-electron chi connectivity index (χ1n) is 7.54. The number of halogens is 6. The summed E-state index contributed by atoms with van der Waals surface area (Å²) in [5, 5.41) is 7.11. The number of thiophene rings is 1. The topological polar surface area (TPSA) is 114 Å². The number of rotatable bonds is 3. The minimum atomic E-state index is -4.77. The van der Waals surface area contributed by atoms with Gasteiger partial charge in [-0.2, -0.15) is 31.4 Å². The van der Waals surface area contributed by atoms with E-state index in [9.17, 15) is 35.9 Å². The van der Waals surface area contributed by atoms with Gasteiger partial charge in [-0.25, -0.2) is 4.98 Å². The molecule has 3 heterocycles. The van der Waals surface area contributed by atoms with Gasteiger partial charge in [-0.05, 0) is 18.6 Å². The highest BCUT2D eigenvalue weighted by atomic mass is 32.1. The van der Waals surface area contributed by atoms with Gasteiger partial charge in [0.2, 0.25) is 0 Å². The van der Waals surface area contributed by atoms with E-state index in [2.05, 4.69) is 15.4 Å². The minimum Gasteiger partial charge on any atom is -0.365 e. The summed E-state index contributed by atoms with van der Waals surface area (Å²) >= 11 is 0.514. The molecule has 4 N–H and O–H groups in total. The maximum atomic E-state index is 13.0. The van der Waals surface area contributed by atoms with Crippen LogP contribution in [0.5, 0.6) is 0 Å². The Morgan fingerprint density at radius 1 is 1.14 bits per heavy atom. The number of hydrogen-bond acceptors (Lipinski definition) is 5. The molecule has 154 valence electrons. The highest BCUT2D eigenvalue weighted by molar-refractivity contribution is 7.21. The highest BCUT2D eigenvalue weighted by Gasteiger charge is 2.35. The molecule has 7 nitrogen and oxygen atoms in total. The van der Waals surface area contributed by atoms with Crippen molar-refractivity contribution in [1.29, 1.82) is 0 Å². The van der Waals surface area contributed by atoms with Crippen LogP contribution in [0.1, 0.15) is 37.1 Å². The Morgan fingerprint density at radius 3 is 2.31 bits per heavy atom. The van der Waals surface area contributed by atoms with E-state index >= 15 is 0 Å². The smallest absolute Gasteiger partial charge is 0.365 e. The van der Waals surface area contributed by atoms with Crippen molar-refractivity contribution in [1.82, 2.24) is 15.2 Å². The monoisotopic (exact) mass is 437 g/mol. The van der Waals surface area contributed by atoms with Crippen molar-refractivity contribution >= 4 is 39.1 Å². The van der Waals surface area contributed by atoms with Gasteiger partial charge in [-0.3, -0.25) is 14.7 Å². The zero-order valence-corrected chi connectivity index (χ0v) is 14.9. The van der Waals surface area contributed by atoms with Gasteiger partial charge < -0.3 is 11.1 Å². The number of pyridine rings is 1. The summed E-state index contributed by atoms with van der Waals surface area (Å²) < 4.78 is 76.8. The van der Waals surface area contributed by atoms with Gasteiger partial charge in [0.1, 0.15) is 21.1 Å². The third-order valence-corrected chi connectivity index (χ3v) is 4.83. The van der Waals surface area contributed by atoms with E-state index in [1.807, 2.05) is 0 Å². The van der Waals surface area contributed by atoms with Crippen molar-refractivity contribution in [2.24, 2.45) is 5.73 Å². The molecule has 0 aromatic carbocycles. The Labute approximate surface area is 160 Å². The summed E-state index contributed by atoms with van der Waals surface area (Å²) in [6.45, 7) is 1.29. The summed E-state index contributed by atoms with van der Waals surface area (Å²) in [5.41, 5.74) is 1.87. The third-order valence-electron chi connectivity index (χ3n) is 3.73. The van der Waals surface area contributed by atoms with Crippen LogP contribution in [0.15, 0.2) is 12.1 Å². The standard InChI is InChI=1S/C15H9F6N5O2S/c1-4-2-6(14(16,17)18)23-13-8(4)9(10(29-13)11(22)27)24-12(28)5-3-7(26-25-5)15(19,20)21/h2-3H,1H3,(H2,22,27)(H,24,28)(H,25,26). The van der Waals surface area contributed by atoms with Gasteiger partial charge >= 0.3 is 12.4 Å². The zero-order chi connectivity index (χ0) is 21.7. The number of carbonyl (C=O) groups is 2. The highest BCUT2D eigenvalue weighted by Crippen LogP contribution is 2.40. The lowest BCUT2D eigenvalue weighted by Crippen LogP contribution is -2.17. The number of nitrogens with one attached hydrogen (secondary N) is 2. The number of amides is 2. The molecule has 3 aromatic rings. The second kappa shape index (κ2) is 6.72. The second-order valence-electron chi connectivity index (χ2n) is 5.79. The van der Waals surface area contributed by atoms with Gasteiger partial charge in [0, 0.05) is 11.5 Å². The SMILES string of the molecule is Cc1cc(C(F)(F)F)nc2sc(C(N)=O)c(NC(=O)c3cc(C(F)(F)F)[nH]n3)c12. The molecule has 0 radical (unpaired) electrons. The number of aromatic nitrogens is 3. The van der Waals surface area contributed by atoms with E-state index < -0.39 is 41.2 Å². The molecule has 0 aliphatic carbocycles. The van der Waals surface area contributed by atoms with Crippen LogP contribution in [0.3, 0.4) is 0 Å². The summed E-state index contributed by atoms with van der Waals surface area (Å²) in [5.74, 6) is -2.19. The van der Waals surface area contributed by atoms with E-state index in [4.69, 9.17) is 5.73 Å². The van der Waals surface area contributed by atoms with Crippen LogP contribution in [-0.2, 0) is 12.4 Å². The van der Waals surface area contributed by atoms with E-state index in [1.54, 1.807) is 5.10 Å². The third kappa shape index (κ3) is 3.87. The molecule has 14 heteroatoms. The first-order valence-corrected chi connectivity index (χ1v) is 8.35. The van der Waals surface area contributed by atoms with Crippen LogP contribution in [0.4, 0.5) is 32.0 Å². The van der Waals surface area contributed by atoms with Gasteiger partial charge in [-0.15, -0.1) is 11.3 Å². The lowest BCUT2D eigenvalue weighted by Gasteiger charge is -2.09. The van der Waals surface area contributed by atoms with E-state index in [0.29, 0.717) is 23.5 Å². The maximum absolute atomic E-state index is 13.0. The Bertz CT molecular complexity index is 1130. The predicted octanol–water partition coefficient (Wildman–Crippen LogP) is 3.72. The number of nitrogens with two attached hydrogens (primary N) is 1. The fraction of sp³-hybridized carbons (Fsp3) is 0.200. The number of nitrogens with zero attached hydrogens (tertiary/aromatic N) is 2. The van der Waals surface area contributed by atoms with Crippen molar-refractivity contribution < 1.29 is 35.9 Å². The van der Waals surface area contributed by atoms with Crippen molar-refractivity contribution in [3.8, 4) is 0 Å². The second-order valence-corrected chi connectivity index (χ2v) is 6.79. The predicted molar refractivity (Wildman–Crippen MR) is 89.4 cm³/mol. The molecule has 0 fully saturated rings. The number of primary amides is 1. The fourth-order valence-corrected chi connectivity index (χ4v) is 3.54. The van der Waals surface area contributed by atoms with Crippen molar-refractivity contribution in [2.75, 3.05) is 5.32 Å². The van der Waals surface area contributed by atoms with Crippen molar-refractivity contribution in [3.05, 3.63) is 39.7 Å². The Morgan fingerprint density at radius 2 is 1.79 bits per heavy atom. The number of alkyl halides is 6. The zero-order valence-electron chi connectivity index (χ0n) is 14.1. The first-order chi connectivity index (χ1) is 13.3. The van der Waals surface area contributed by atoms with Crippen LogP contribution >= 0.6 is 11.3 Å². The molecule has 3 aromatic heterocycles. The summed E-state index contributed by atoms with van der Waals surface area (Å²) in [6, 6.07) is 1.16. The van der Waals surface area contributed by atoms with Crippen LogP contribution in [0, 0.1) is 6.92 Å². The molecule has 0 atom stereocenters. The van der Waals surface area contributed by atoms with Crippen LogP contribution in [0.25, 0.3) is 10.2 Å². The molecule has 0 aliphatic rings. The molecular formula is C15H9F6N5O2S. The number of fused-ring (bicyclic) bond motifs is 1. The van der Waals surface area contributed by atoms with Crippen molar-refractivity contribution in [2.45, 2.75) is 19.3 Å². The molecule has 0 saturated heterocycles. The molecule has 2 amide bonds. The van der Waals surface area contributed by atoms with Crippen molar-refractivity contribution in [3.63, 3.8) is 0 Å². The van der Waals surface area contributed by atoms with Crippen LogP contribution in [-0.4, -0.2) is 27.0 Å². The number of aromatic amines is 1. The van der Waals surface area contributed by atoms with Gasteiger partial charge in [0.05, 0.1) is 5.69 Å². The number of aryl methyl sites for hydroxylation is 1. The molecule has 0 spiro atoms. The number of hydrogen-bond donors (Lipinski definition) is 3. The average molecular weight is 437 g/mol. The molecule has 0 unspecified atom stereocenters. The van der Waals surface area contributed by atoms with E-state index in [1.165, 1.54) is 6.92 Å². The maximum Gasteiger partial charge on any atom is 0.433 e. The molecular weight excluding hydrogens is 428 g/mol. The average Bonchev–Trinajstić information content (AvgIpc) is 3.19. The summed E-state index contributed by atoms with van der Waals surface area (Å²) in [6.07, 6.45) is -9.52. The number of anilines is 1. The quantitative estimate of drug-likeness (QED) is 0.542. The molecule has 29 heavy (non-hydrogen) atoms. The Kier molecular flexibility index (Phi) is 4.77. The molecule has 0 aliphatic heterocycles. The summed E-state index contributed by atoms with van der Waals surface area (Å²) in [4.78, 5) is 26.9. The molecule has 0 bridgehead atoms. The largest absolute Gasteiger partial charge is 0.433 e. The van der Waals surface area contributed by atoms with Crippen LogP contribution in [0.2, 0.25) is 0 Å². The normalized spacial score (nSPS) is 12.4. The lowest BCUT2D eigenvalue weighted by atomic mass is 10.1. The molecule has 3 rings (SSSR count). The van der Waals surface area contributed by atoms with E-state index in [0.717, 1.165) is 0 Å². The van der Waals surface area contributed by atoms with Gasteiger partial charge in [0.15, 0.2) is 5.69 Å².